The van der Waals surface area contributed by atoms with Crippen LogP contribution in [0.4, 0.5) is 0 Å². The van der Waals surface area contributed by atoms with E-state index in [4.69, 9.17) is 22.4 Å². The molecule has 0 aromatic carbocycles. The van der Waals surface area contributed by atoms with Crippen LogP contribution in [0.1, 0.15) is 182 Å². The summed E-state index contributed by atoms with van der Waals surface area (Å²) < 4.78 is 54.9. The van der Waals surface area contributed by atoms with E-state index in [-0.39, 0.29) is 26.4 Å². The standard InChI is InChI=1S/C32H68O7P2/c1-5-9-13-15-17-19-21-23-25-27-31-37-41(34,38-32-28-26-24-22-20-18-16-14-10-6-2)39-40(33,35-29-11-7-3)36-30-12-8-4/h5-32H2,1-4H3. The average molecular weight is 627 g/mol. The third kappa shape index (κ3) is 27.5. The molecule has 0 aliphatic heterocycles. The SMILES string of the molecule is CCCCCCCCCCCCOP(=O)(OCCCCCCCCCCCC)OP(=O)(OCCCC)OCCCC. The van der Waals surface area contributed by atoms with Crippen molar-refractivity contribution in [3.05, 3.63) is 0 Å². The Kier molecular flexibility index (Phi) is 30.5. The first-order valence-corrected chi connectivity index (χ1v) is 20.4. The van der Waals surface area contributed by atoms with E-state index in [1.807, 2.05) is 13.8 Å². The van der Waals surface area contributed by atoms with E-state index >= 15 is 0 Å². The molecule has 0 aromatic heterocycles. The Morgan fingerprint density at radius 1 is 0.317 bits per heavy atom. The molecule has 0 N–H and O–H groups in total. The average Bonchev–Trinajstić information content (AvgIpc) is 2.95. The third-order valence-electron chi connectivity index (χ3n) is 7.19. The van der Waals surface area contributed by atoms with Gasteiger partial charge in [0, 0.05) is 0 Å². The van der Waals surface area contributed by atoms with E-state index < -0.39 is 15.6 Å². The normalized spacial score (nSPS) is 12.4. The van der Waals surface area contributed by atoms with E-state index in [0.717, 1.165) is 51.4 Å². The molecule has 7 nitrogen and oxygen atoms in total. The Balaban J connectivity index is 4.67. The molecule has 9 heteroatoms. The minimum Gasteiger partial charge on any atom is -0.287 e. The van der Waals surface area contributed by atoms with Gasteiger partial charge in [-0.25, -0.2) is 9.13 Å². The number of hydrogen-bond acceptors (Lipinski definition) is 7. The Labute approximate surface area is 255 Å². The van der Waals surface area contributed by atoms with Crippen LogP contribution >= 0.6 is 15.6 Å². The quantitative estimate of drug-likeness (QED) is 0.0519. The van der Waals surface area contributed by atoms with Crippen molar-refractivity contribution in [1.82, 2.24) is 0 Å². The minimum absolute atomic E-state index is 0.205. The maximum Gasteiger partial charge on any atom is 0.483 e. The van der Waals surface area contributed by atoms with E-state index in [9.17, 15) is 9.13 Å². The van der Waals surface area contributed by atoms with Crippen molar-refractivity contribution in [3.63, 3.8) is 0 Å². The topological polar surface area (TPSA) is 80.3 Å². The molecule has 0 saturated heterocycles. The molecule has 0 aliphatic rings. The summed E-state index contributed by atoms with van der Waals surface area (Å²) in [4.78, 5) is 0. The molecule has 0 aromatic rings. The van der Waals surface area contributed by atoms with Gasteiger partial charge in [-0.2, -0.15) is 4.31 Å². The van der Waals surface area contributed by atoms with Gasteiger partial charge in [0.15, 0.2) is 0 Å². The van der Waals surface area contributed by atoms with Crippen LogP contribution in [-0.4, -0.2) is 26.4 Å². The monoisotopic (exact) mass is 626 g/mol. The Hall–Kier alpha value is 0.260. The zero-order chi connectivity index (χ0) is 30.3. The fourth-order valence-corrected chi connectivity index (χ4v) is 7.76. The second kappa shape index (κ2) is 30.3. The Bertz CT molecular complexity index is 589. The van der Waals surface area contributed by atoms with E-state index in [1.165, 1.54) is 89.9 Å². The van der Waals surface area contributed by atoms with Crippen molar-refractivity contribution in [2.45, 2.75) is 182 Å². The fourth-order valence-electron chi connectivity index (χ4n) is 4.46. The lowest BCUT2D eigenvalue weighted by Crippen LogP contribution is -2.07. The number of phosphoric acid groups is 2. The summed E-state index contributed by atoms with van der Waals surface area (Å²) in [7, 11) is -8.18. The third-order valence-corrected chi connectivity index (χ3v) is 10.8. The van der Waals surface area contributed by atoms with Crippen LogP contribution in [0.25, 0.3) is 0 Å². The van der Waals surface area contributed by atoms with Crippen LogP contribution < -0.4 is 0 Å². The molecule has 0 heterocycles. The van der Waals surface area contributed by atoms with Gasteiger partial charge in [0.05, 0.1) is 26.4 Å². The second-order valence-electron chi connectivity index (χ2n) is 11.4. The maximum absolute atomic E-state index is 13.6. The Morgan fingerprint density at radius 2 is 0.537 bits per heavy atom. The molecule has 0 rings (SSSR count). The number of phosphoric ester groups is 2. The summed E-state index contributed by atoms with van der Waals surface area (Å²) in [5.74, 6) is 0. The van der Waals surface area contributed by atoms with Crippen LogP contribution in [0.15, 0.2) is 0 Å². The predicted molar refractivity (Wildman–Crippen MR) is 174 cm³/mol. The number of hydrogen-bond donors (Lipinski definition) is 0. The molecular formula is C32H68O7P2. The van der Waals surface area contributed by atoms with Gasteiger partial charge in [-0.3, -0.25) is 18.1 Å². The smallest absolute Gasteiger partial charge is 0.287 e. The molecule has 0 spiro atoms. The number of unbranched alkanes of at least 4 members (excludes halogenated alkanes) is 20. The van der Waals surface area contributed by atoms with Gasteiger partial charge in [0.25, 0.3) is 0 Å². The lowest BCUT2D eigenvalue weighted by molar-refractivity contribution is 0.106. The van der Waals surface area contributed by atoms with Gasteiger partial charge in [-0.05, 0) is 25.7 Å². The van der Waals surface area contributed by atoms with Crippen LogP contribution in [0.2, 0.25) is 0 Å². The fraction of sp³-hybridized carbons (Fsp3) is 1.00. The summed E-state index contributed by atoms with van der Waals surface area (Å²) in [6.45, 7) is 9.39. The van der Waals surface area contributed by atoms with Gasteiger partial charge in [-0.1, -0.05) is 156 Å². The molecule has 0 unspecified atom stereocenters. The summed E-state index contributed by atoms with van der Waals surface area (Å²) in [6.07, 6.45) is 27.0. The van der Waals surface area contributed by atoms with Gasteiger partial charge in [0.1, 0.15) is 0 Å². The summed E-state index contributed by atoms with van der Waals surface area (Å²) >= 11 is 0. The van der Waals surface area contributed by atoms with Crippen LogP contribution in [0.5, 0.6) is 0 Å². The number of rotatable bonds is 34. The van der Waals surface area contributed by atoms with Crippen molar-refractivity contribution < 1.29 is 31.5 Å². The van der Waals surface area contributed by atoms with Gasteiger partial charge >= 0.3 is 15.6 Å². The molecule has 0 amide bonds. The predicted octanol–water partition coefficient (Wildman–Crippen LogP) is 12.7. The molecule has 41 heavy (non-hydrogen) atoms. The highest BCUT2D eigenvalue weighted by molar-refractivity contribution is 7.62. The minimum atomic E-state index is -4.11. The van der Waals surface area contributed by atoms with Crippen molar-refractivity contribution in [1.29, 1.82) is 0 Å². The molecule has 0 aliphatic carbocycles. The molecular weight excluding hydrogens is 558 g/mol. The highest BCUT2D eigenvalue weighted by atomic mass is 31.3. The molecule has 0 saturated carbocycles. The largest absolute Gasteiger partial charge is 0.483 e. The van der Waals surface area contributed by atoms with Gasteiger partial charge in [0.2, 0.25) is 0 Å². The molecule has 0 atom stereocenters. The summed E-state index contributed by atoms with van der Waals surface area (Å²) in [5, 5.41) is 0. The first kappa shape index (κ1) is 41.3. The molecule has 248 valence electrons. The second-order valence-corrected chi connectivity index (χ2v) is 14.9. The van der Waals surface area contributed by atoms with Crippen molar-refractivity contribution >= 4 is 15.6 Å². The lowest BCUT2D eigenvalue weighted by Gasteiger charge is -2.23. The zero-order valence-corrected chi connectivity index (χ0v) is 29.3. The highest BCUT2D eigenvalue weighted by Crippen LogP contribution is 2.66. The summed E-state index contributed by atoms with van der Waals surface area (Å²) in [5.41, 5.74) is 0. The maximum atomic E-state index is 13.6. The van der Waals surface area contributed by atoms with Crippen LogP contribution in [0.3, 0.4) is 0 Å². The summed E-state index contributed by atoms with van der Waals surface area (Å²) in [6, 6.07) is 0. The van der Waals surface area contributed by atoms with Crippen molar-refractivity contribution in [2.75, 3.05) is 26.4 Å². The van der Waals surface area contributed by atoms with E-state index in [0.29, 0.717) is 12.8 Å². The molecule has 0 fully saturated rings. The Morgan fingerprint density at radius 3 is 0.805 bits per heavy atom. The van der Waals surface area contributed by atoms with Crippen molar-refractivity contribution in [3.8, 4) is 0 Å². The van der Waals surface area contributed by atoms with Gasteiger partial charge < -0.3 is 0 Å². The van der Waals surface area contributed by atoms with E-state index in [1.54, 1.807) is 0 Å². The van der Waals surface area contributed by atoms with Crippen LogP contribution in [0, 0.1) is 0 Å². The molecule has 0 bridgehead atoms. The first-order chi connectivity index (χ1) is 19.9. The lowest BCUT2D eigenvalue weighted by atomic mass is 10.1. The van der Waals surface area contributed by atoms with E-state index in [2.05, 4.69) is 13.8 Å². The van der Waals surface area contributed by atoms with Gasteiger partial charge in [-0.15, -0.1) is 0 Å². The highest BCUT2D eigenvalue weighted by Gasteiger charge is 2.40. The first-order valence-electron chi connectivity index (χ1n) is 17.4. The van der Waals surface area contributed by atoms with Crippen LogP contribution in [-0.2, 0) is 31.5 Å². The zero-order valence-electron chi connectivity index (χ0n) is 27.6. The van der Waals surface area contributed by atoms with Crippen molar-refractivity contribution in [2.24, 2.45) is 0 Å². The molecule has 0 radical (unpaired) electrons.